The molecule has 5 aromatic carbocycles. The fraction of sp³-hybridized carbons (Fsp3) is 0. The van der Waals surface area contributed by atoms with Crippen molar-refractivity contribution < 1.29 is 9.18 Å². The predicted molar refractivity (Wildman–Crippen MR) is 172 cm³/mol. The first-order valence-corrected chi connectivity index (χ1v) is 14.3. The number of rotatable bonds is 6. The van der Waals surface area contributed by atoms with Crippen LogP contribution in [0, 0.1) is 5.82 Å². The highest BCUT2D eigenvalue weighted by atomic mass is 79.9. The number of hydrogen-bond acceptors (Lipinski definition) is 5. The summed E-state index contributed by atoms with van der Waals surface area (Å²) in [5.74, 6) is 1.07. The van der Waals surface area contributed by atoms with Gasteiger partial charge in [0.25, 0.3) is 5.91 Å². The van der Waals surface area contributed by atoms with Gasteiger partial charge in [0.2, 0.25) is 0 Å². The van der Waals surface area contributed by atoms with E-state index in [1.165, 1.54) is 6.07 Å². The van der Waals surface area contributed by atoms with Crippen LogP contribution >= 0.6 is 15.9 Å². The third kappa shape index (κ3) is 5.45. The molecule has 0 aliphatic carbocycles. The van der Waals surface area contributed by atoms with Gasteiger partial charge in [-0.15, -0.1) is 0 Å². The molecule has 0 atom stereocenters. The van der Waals surface area contributed by atoms with Gasteiger partial charge in [-0.3, -0.25) is 4.79 Å². The summed E-state index contributed by atoms with van der Waals surface area (Å²) >= 11 is 3.27. The van der Waals surface area contributed by atoms with Crippen LogP contribution in [0.2, 0.25) is 0 Å². The number of para-hydroxylation sites is 1. The highest BCUT2D eigenvalue weighted by Gasteiger charge is 2.13. The summed E-state index contributed by atoms with van der Waals surface area (Å²) in [6, 6.07) is 35.0. The molecule has 2 heterocycles. The Bertz CT molecular complexity index is 2130. The number of amides is 1. The molecule has 0 fully saturated rings. The highest BCUT2D eigenvalue weighted by molar-refractivity contribution is 9.10. The predicted octanol–water partition coefficient (Wildman–Crippen LogP) is 8.74. The summed E-state index contributed by atoms with van der Waals surface area (Å²) in [5, 5.41) is 7.21. The van der Waals surface area contributed by atoms with E-state index in [0.717, 1.165) is 22.2 Å². The number of nitrogens with zero attached hydrogens (tertiary/aromatic N) is 3. The summed E-state index contributed by atoms with van der Waals surface area (Å²) in [5.41, 5.74) is 5.33. The number of nitrogens with one attached hydrogen (secondary N) is 3. The molecule has 7 rings (SSSR count). The van der Waals surface area contributed by atoms with Crippen molar-refractivity contribution in [2.24, 2.45) is 0 Å². The maximum Gasteiger partial charge on any atom is 0.255 e. The first-order valence-electron chi connectivity index (χ1n) is 13.5. The number of carbonyl (C=O) groups is 1. The molecule has 1 amide bonds. The van der Waals surface area contributed by atoms with Crippen LogP contribution in [0.4, 0.5) is 21.6 Å². The number of H-pyrrole nitrogens is 1. The Morgan fingerprint density at radius 1 is 0.744 bits per heavy atom. The van der Waals surface area contributed by atoms with E-state index in [1.807, 2.05) is 66.7 Å². The van der Waals surface area contributed by atoms with Gasteiger partial charge in [-0.05, 0) is 72.8 Å². The standard InChI is InChI=1S/C34H22BrFN6O/c35-22-12-16-25(27(36)18-22)32-40-29-17-15-24(19-30(29)41-32)38-34(43)21-10-13-23(14-11-21)37-33-26-8-4-5-9-28(26)39-31(42-33)20-6-2-1-3-7-20/h1-19H,(H,38,43)(H,40,41)(H,37,39,42). The van der Waals surface area contributed by atoms with Crippen LogP contribution in [0.15, 0.2) is 120 Å². The van der Waals surface area contributed by atoms with Gasteiger partial charge in [0.15, 0.2) is 5.82 Å². The van der Waals surface area contributed by atoms with E-state index in [1.54, 1.807) is 42.5 Å². The second-order valence-electron chi connectivity index (χ2n) is 9.88. The molecular weight excluding hydrogens is 607 g/mol. The third-order valence-electron chi connectivity index (χ3n) is 6.97. The van der Waals surface area contributed by atoms with Crippen molar-refractivity contribution in [2.75, 3.05) is 10.6 Å². The molecule has 7 nitrogen and oxygen atoms in total. The SMILES string of the molecule is O=C(Nc1ccc2nc(-c3ccc(Br)cc3F)[nH]c2c1)c1ccc(Nc2nc(-c3ccccc3)nc3ccccc23)cc1. The lowest BCUT2D eigenvalue weighted by Gasteiger charge is -2.12. The zero-order valence-corrected chi connectivity index (χ0v) is 24.1. The summed E-state index contributed by atoms with van der Waals surface area (Å²) < 4.78 is 15.1. The Morgan fingerprint density at radius 2 is 1.51 bits per heavy atom. The van der Waals surface area contributed by atoms with Crippen molar-refractivity contribution in [3.63, 3.8) is 0 Å². The molecule has 0 radical (unpaired) electrons. The second-order valence-corrected chi connectivity index (χ2v) is 10.8. The lowest BCUT2D eigenvalue weighted by Crippen LogP contribution is -2.11. The average Bonchev–Trinajstić information content (AvgIpc) is 3.45. The number of halogens is 2. The van der Waals surface area contributed by atoms with Crippen molar-refractivity contribution in [2.45, 2.75) is 0 Å². The molecule has 0 aliphatic heterocycles. The molecule has 0 bridgehead atoms. The van der Waals surface area contributed by atoms with E-state index in [0.29, 0.717) is 49.8 Å². The largest absolute Gasteiger partial charge is 0.340 e. The number of aromatic nitrogens is 4. The maximum absolute atomic E-state index is 14.5. The van der Waals surface area contributed by atoms with Crippen LogP contribution in [0.3, 0.4) is 0 Å². The molecule has 2 aromatic heterocycles. The van der Waals surface area contributed by atoms with Gasteiger partial charge in [0, 0.05) is 32.4 Å². The number of hydrogen-bond donors (Lipinski definition) is 3. The lowest BCUT2D eigenvalue weighted by atomic mass is 10.1. The minimum absolute atomic E-state index is 0.261. The van der Waals surface area contributed by atoms with E-state index in [2.05, 4.69) is 36.5 Å². The number of aromatic amines is 1. The van der Waals surface area contributed by atoms with Crippen molar-refractivity contribution in [3.8, 4) is 22.8 Å². The van der Waals surface area contributed by atoms with Crippen molar-refractivity contribution in [3.05, 3.63) is 131 Å². The number of imidazole rings is 1. The first-order chi connectivity index (χ1) is 21.0. The number of fused-ring (bicyclic) bond motifs is 2. The summed E-state index contributed by atoms with van der Waals surface area (Å²) in [6.07, 6.45) is 0. The Morgan fingerprint density at radius 3 is 2.33 bits per heavy atom. The van der Waals surface area contributed by atoms with Gasteiger partial charge < -0.3 is 15.6 Å². The van der Waals surface area contributed by atoms with Gasteiger partial charge in [-0.2, -0.15) is 0 Å². The van der Waals surface area contributed by atoms with E-state index in [-0.39, 0.29) is 11.7 Å². The van der Waals surface area contributed by atoms with Crippen molar-refractivity contribution in [1.82, 2.24) is 19.9 Å². The fourth-order valence-electron chi connectivity index (χ4n) is 4.83. The number of carbonyl (C=O) groups excluding carboxylic acids is 1. The summed E-state index contributed by atoms with van der Waals surface area (Å²) in [4.78, 5) is 30.3. The van der Waals surface area contributed by atoms with Crippen LogP contribution < -0.4 is 10.6 Å². The van der Waals surface area contributed by atoms with Gasteiger partial charge in [0.05, 0.1) is 22.1 Å². The first kappa shape index (κ1) is 26.5. The van der Waals surface area contributed by atoms with Crippen LogP contribution in [0.25, 0.3) is 44.7 Å². The summed E-state index contributed by atoms with van der Waals surface area (Å²) in [7, 11) is 0. The quantitative estimate of drug-likeness (QED) is 0.171. The maximum atomic E-state index is 14.5. The molecule has 7 aromatic rings. The molecule has 0 spiro atoms. The zero-order valence-electron chi connectivity index (χ0n) is 22.5. The summed E-state index contributed by atoms with van der Waals surface area (Å²) in [6.45, 7) is 0. The van der Waals surface area contributed by atoms with E-state index < -0.39 is 0 Å². The monoisotopic (exact) mass is 628 g/mol. The van der Waals surface area contributed by atoms with Gasteiger partial charge in [-0.1, -0.05) is 58.4 Å². The normalized spacial score (nSPS) is 11.1. The molecule has 43 heavy (non-hydrogen) atoms. The van der Waals surface area contributed by atoms with E-state index in [9.17, 15) is 9.18 Å². The molecule has 208 valence electrons. The molecule has 3 N–H and O–H groups in total. The Balaban J connectivity index is 1.10. The highest BCUT2D eigenvalue weighted by Crippen LogP contribution is 2.29. The lowest BCUT2D eigenvalue weighted by molar-refractivity contribution is 0.102. The average molecular weight is 629 g/mol. The number of anilines is 3. The van der Waals surface area contributed by atoms with E-state index >= 15 is 0 Å². The van der Waals surface area contributed by atoms with Crippen LogP contribution in [-0.4, -0.2) is 25.8 Å². The molecular formula is C34H22BrFN6O. The molecule has 0 saturated carbocycles. The van der Waals surface area contributed by atoms with Gasteiger partial charge in [-0.25, -0.2) is 19.3 Å². The third-order valence-corrected chi connectivity index (χ3v) is 7.46. The molecule has 0 aliphatic rings. The Labute approximate surface area is 254 Å². The Kier molecular flexibility index (Phi) is 6.84. The Hall–Kier alpha value is -5.41. The molecule has 9 heteroatoms. The minimum atomic E-state index is -0.385. The smallest absolute Gasteiger partial charge is 0.255 e. The van der Waals surface area contributed by atoms with Crippen LogP contribution in [0.5, 0.6) is 0 Å². The zero-order chi connectivity index (χ0) is 29.3. The van der Waals surface area contributed by atoms with Crippen molar-refractivity contribution in [1.29, 1.82) is 0 Å². The van der Waals surface area contributed by atoms with Gasteiger partial charge in [0.1, 0.15) is 17.5 Å². The second kappa shape index (κ2) is 11.1. The fourth-order valence-corrected chi connectivity index (χ4v) is 5.16. The number of benzene rings is 5. The minimum Gasteiger partial charge on any atom is -0.340 e. The molecule has 0 unspecified atom stereocenters. The van der Waals surface area contributed by atoms with Gasteiger partial charge >= 0.3 is 0 Å². The topological polar surface area (TPSA) is 95.6 Å². The van der Waals surface area contributed by atoms with Crippen LogP contribution in [0.1, 0.15) is 10.4 Å². The van der Waals surface area contributed by atoms with Crippen molar-refractivity contribution >= 4 is 61.0 Å². The van der Waals surface area contributed by atoms with E-state index in [4.69, 9.17) is 9.97 Å². The molecule has 0 saturated heterocycles. The van der Waals surface area contributed by atoms with Crippen LogP contribution in [-0.2, 0) is 0 Å².